The molecule has 0 spiro atoms. The molecule has 3 N–H and O–H groups in total. The maximum atomic E-state index is 11.1. The molecular weight excluding hydrogens is 260 g/mol. The van der Waals surface area contributed by atoms with Gasteiger partial charge in [-0.2, -0.15) is 0 Å². The van der Waals surface area contributed by atoms with Gasteiger partial charge in [-0.1, -0.05) is 33.1 Å². The summed E-state index contributed by atoms with van der Waals surface area (Å²) >= 11 is 0. The van der Waals surface area contributed by atoms with Gasteiger partial charge < -0.3 is 5.32 Å². The van der Waals surface area contributed by atoms with E-state index < -0.39 is 10.0 Å². The van der Waals surface area contributed by atoms with E-state index in [1.54, 1.807) is 12.1 Å². The molecule has 4 nitrogen and oxygen atoms in total. The van der Waals surface area contributed by atoms with Gasteiger partial charge in [0.2, 0.25) is 10.0 Å². The van der Waals surface area contributed by atoms with E-state index >= 15 is 0 Å². The molecule has 0 saturated carbocycles. The van der Waals surface area contributed by atoms with Crippen molar-refractivity contribution in [3.8, 4) is 0 Å². The normalized spacial score (nSPS) is 13.2. The fraction of sp³-hybridized carbons (Fsp3) is 0.571. The zero-order valence-corrected chi connectivity index (χ0v) is 12.5. The van der Waals surface area contributed by atoms with Gasteiger partial charge in [-0.3, -0.25) is 0 Å². The highest BCUT2D eigenvalue weighted by Crippen LogP contribution is 2.16. The molecule has 1 atom stereocenters. The number of primary sulfonamides is 1. The number of unbranched alkanes of at least 4 members (excludes halogenated alkanes) is 1. The first kappa shape index (κ1) is 16.0. The maximum absolute atomic E-state index is 11.1. The van der Waals surface area contributed by atoms with Crippen LogP contribution in [-0.2, 0) is 10.0 Å². The number of rotatable bonds is 8. The second-order valence-corrected chi connectivity index (χ2v) is 6.43. The number of nitrogens with one attached hydrogen (secondary N) is 1. The van der Waals surface area contributed by atoms with Gasteiger partial charge in [-0.25, -0.2) is 13.6 Å². The molecule has 0 aliphatic rings. The molecule has 0 aliphatic carbocycles. The van der Waals surface area contributed by atoms with E-state index in [0.29, 0.717) is 5.92 Å². The van der Waals surface area contributed by atoms with Gasteiger partial charge in [-0.05, 0) is 36.6 Å². The summed E-state index contributed by atoms with van der Waals surface area (Å²) in [5.74, 6) is 0.665. The maximum Gasteiger partial charge on any atom is 0.238 e. The Morgan fingerprint density at radius 2 is 1.84 bits per heavy atom. The largest absolute Gasteiger partial charge is 0.385 e. The van der Waals surface area contributed by atoms with Gasteiger partial charge >= 0.3 is 0 Å². The Hall–Kier alpha value is -1.07. The van der Waals surface area contributed by atoms with Crippen LogP contribution < -0.4 is 10.5 Å². The SMILES string of the molecule is CCCCC(CC)CNc1ccc(S(N)(=O)=O)cc1. The van der Waals surface area contributed by atoms with Crippen molar-refractivity contribution in [1.82, 2.24) is 0 Å². The fourth-order valence-corrected chi connectivity index (χ4v) is 2.48. The molecule has 1 aromatic carbocycles. The molecule has 0 amide bonds. The van der Waals surface area contributed by atoms with Crippen LogP contribution in [0, 0.1) is 5.92 Å². The summed E-state index contributed by atoms with van der Waals surface area (Å²) in [5, 5.41) is 8.40. The first-order valence-corrected chi connectivity index (χ1v) is 8.38. The van der Waals surface area contributed by atoms with Crippen LogP contribution in [0.15, 0.2) is 29.2 Å². The van der Waals surface area contributed by atoms with Gasteiger partial charge in [0.15, 0.2) is 0 Å². The highest BCUT2D eigenvalue weighted by atomic mass is 32.2. The van der Waals surface area contributed by atoms with Crippen LogP contribution in [0.1, 0.15) is 39.5 Å². The van der Waals surface area contributed by atoms with E-state index in [0.717, 1.165) is 18.7 Å². The predicted octanol–water partition coefficient (Wildman–Crippen LogP) is 2.96. The van der Waals surface area contributed by atoms with Crippen LogP contribution in [0.3, 0.4) is 0 Å². The van der Waals surface area contributed by atoms with E-state index in [4.69, 9.17) is 5.14 Å². The topological polar surface area (TPSA) is 72.2 Å². The molecule has 108 valence electrons. The molecule has 1 aromatic rings. The lowest BCUT2D eigenvalue weighted by Gasteiger charge is -2.16. The lowest BCUT2D eigenvalue weighted by atomic mass is 9.99. The summed E-state index contributed by atoms with van der Waals surface area (Å²) in [6, 6.07) is 6.58. The number of nitrogens with two attached hydrogens (primary N) is 1. The second kappa shape index (κ2) is 7.50. The number of hydrogen-bond donors (Lipinski definition) is 2. The summed E-state index contributed by atoms with van der Waals surface area (Å²) < 4.78 is 22.3. The van der Waals surface area contributed by atoms with Crippen LogP contribution in [0.5, 0.6) is 0 Å². The van der Waals surface area contributed by atoms with E-state index in [1.165, 1.54) is 31.4 Å². The minimum Gasteiger partial charge on any atom is -0.385 e. The van der Waals surface area contributed by atoms with Gasteiger partial charge in [-0.15, -0.1) is 0 Å². The molecule has 0 aromatic heterocycles. The molecule has 0 bridgehead atoms. The third-order valence-corrected chi connectivity index (χ3v) is 4.25. The standard InChI is InChI=1S/C14H24N2O2S/c1-3-5-6-12(4-2)11-16-13-7-9-14(10-8-13)19(15,17)18/h7-10,12,16H,3-6,11H2,1-2H3,(H2,15,17,18). The summed E-state index contributed by atoms with van der Waals surface area (Å²) in [7, 11) is -3.60. The number of hydrogen-bond acceptors (Lipinski definition) is 3. The minimum absolute atomic E-state index is 0.149. The Balaban J connectivity index is 2.53. The Morgan fingerprint density at radius 1 is 1.21 bits per heavy atom. The first-order chi connectivity index (χ1) is 8.97. The van der Waals surface area contributed by atoms with Gasteiger partial charge in [0.1, 0.15) is 0 Å². The van der Waals surface area contributed by atoms with Crippen molar-refractivity contribution in [2.24, 2.45) is 11.1 Å². The molecule has 19 heavy (non-hydrogen) atoms. The van der Waals surface area contributed by atoms with Crippen LogP contribution in [0.4, 0.5) is 5.69 Å². The number of sulfonamides is 1. The molecule has 0 fully saturated rings. The minimum atomic E-state index is -3.60. The smallest absolute Gasteiger partial charge is 0.238 e. The van der Waals surface area contributed by atoms with Crippen LogP contribution in [0.25, 0.3) is 0 Å². The first-order valence-electron chi connectivity index (χ1n) is 6.84. The van der Waals surface area contributed by atoms with Crippen LogP contribution in [0.2, 0.25) is 0 Å². The monoisotopic (exact) mass is 284 g/mol. The fourth-order valence-electron chi connectivity index (χ4n) is 1.97. The summed E-state index contributed by atoms with van der Waals surface area (Å²) in [4.78, 5) is 0.149. The van der Waals surface area contributed by atoms with Crippen molar-refractivity contribution >= 4 is 15.7 Å². The Bertz CT molecular complexity index is 469. The zero-order chi connectivity index (χ0) is 14.3. The highest BCUT2D eigenvalue weighted by Gasteiger charge is 2.08. The van der Waals surface area contributed by atoms with Gasteiger partial charge in [0.25, 0.3) is 0 Å². The molecule has 0 saturated heterocycles. The van der Waals surface area contributed by atoms with Crippen molar-refractivity contribution < 1.29 is 8.42 Å². The molecular formula is C14H24N2O2S. The molecule has 0 aliphatic heterocycles. The summed E-state index contributed by atoms with van der Waals surface area (Å²) in [6.07, 6.45) is 4.86. The van der Waals surface area contributed by atoms with Gasteiger partial charge in [0.05, 0.1) is 4.90 Å². The lowest BCUT2D eigenvalue weighted by molar-refractivity contribution is 0.473. The third-order valence-electron chi connectivity index (χ3n) is 3.32. The number of benzene rings is 1. The molecule has 1 unspecified atom stereocenters. The van der Waals surface area contributed by atoms with E-state index in [-0.39, 0.29) is 4.90 Å². The number of anilines is 1. The molecule has 0 heterocycles. The predicted molar refractivity (Wildman–Crippen MR) is 79.6 cm³/mol. The van der Waals surface area contributed by atoms with Crippen molar-refractivity contribution in [2.75, 3.05) is 11.9 Å². The summed E-state index contributed by atoms with van der Waals surface area (Å²) in [5.41, 5.74) is 0.933. The van der Waals surface area contributed by atoms with Crippen molar-refractivity contribution in [1.29, 1.82) is 0 Å². The summed E-state index contributed by atoms with van der Waals surface area (Å²) in [6.45, 7) is 5.32. The Labute approximate surface area is 116 Å². The molecule has 0 radical (unpaired) electrons. The Morgan fingerprint density at radius 3 is 2.32 bits per heavy atom. The third kappa shape index (κ3) is 5.61. The average Bonchev–Trinajstić information content (AvgIpc) is 2.38. The van der Waals surface area contributed by atoms with Crippen LogP contribution in [-0.4, -0.2) is 15.0 Å². The van der Waals surface area contributed by atoms with Crippen molar-refractivity contribution in [3.63, 3.8) is 0 Å². The second-order valence-electron chi connectivity index (χ2n) is 4.87. The molecule has 5 heteroatoms. The van der Waals surface area contributed by atoms with Gasteiger partial charge in [0, 0.05) is 12.2 Å². The Kier molecular flexibility index (Phi) is 6.31. The van der Waals surface area contributed by atoms with Crippen molar-refractivity contribution in [2.45, 2.75) is 44.4 Å². The van der Waals surface area contributed by atoms with Crippen molar-refractivity contribution in [3.05, 3.63) is 24.3 Å². The average molecular weight is 284 g/mol. The zero-order valence-electron chi connectivity index (χ0n) is 11.7. The highest BCUT2D eigenvalue weighted by molar-refractivity contribution is 7.89. The van der Waals surface area contributed by atoms with Crippen LogP contribution >= 0.6 is 0 Å². The van der Waals surface area contributed by atoms with E-state index in [9.17, 15) is 8.42 Å². The molecule has 1 rings (SSSR count). The van der Waals surface area contributed by atoms with E-state index in [2.05, 4.69) is 19.2 Å². The quantitative estimate of drug-likeness (QED) is 0.771. The lowest BCUT2D eigenvalue weighted by Crippen LogP contribution is -2.14. The van der Waals surface area contributed by atoms with E-state index in [1.807, 2.05) is 0 Å².